The van der Waals surface area contributed by atoms with Gasteiger partial charge in [0.15, 0.2) is 14.4 Å². The van der Waals surface area contributed by atoms with Crippen molar-refractivity contribution in [1.82, 2.24) is 0 Å². The molecule has 0 spiro atoms. The number of nitrogens with zero attached hydrogens (tertiary/aromatic N) is 1. The number of nitriles is 1. The lowest BCUT2D eigenvalue weighted by Crippen LogP contribution is -2.27. The Balaban J connectivity index is 3.11. The Hall–Kier alpha value is -0.533. The first-order valence-electron chi connectivity index (χ1n) is 4.86. The molecule has 5 heteroatoms. The maximum Gasteiger partial charge on any atom is 0.186 e. The van der Waals surface area contributed by atoms with Crippen LogP contribution in [0.3, 0.4) is 0 Å². The van der Waals surface area contributed by atoms with E-state index in [9.17, 15) is 0 Å². The van der Waals surface area contributed by atoms with Crippen LogP contribution in [0, 0.1) is 11.3 Å². The number of rotatable bonds is 3. The van der Waals surface area contributed by atoms with Crippen molar-refractivity contribution >= 4 is 31.5 Å². The standard InChI is InChI=1S/C11H13Cl2NOSi/c1-16(2,3)15-10(7-14)11-8(12)5-4-6-9(11)13/h4-6,10H,1-3H3/t10-/m0/s1. The fourth-order valence-corrected chi connectivity index (χ4v) is 2.74. The van der Waals surface area contributed by atoms with E-state index < -0.39 is 14.4 Å². The third-order valence-electron chi connectivity index (χ3n) is 1.85. The van der Waals surface area contributed by atoms with Gasteiger partial charge in [0.05, 0.1) is 6.07 Å². The third-order valence-corrected chi connectivity index (χ3v) is 3.45. The molecule has 16 heavy (non-hydrogen) atoms. The van der Waals surface area contributed by atoms with E-state index >= 15 is 0 Å². The molecule has 1 aromatic carbocycles. The number of benzene rings is 1. The van der Waals surface area contributed by atoms with Gasteiger partial charge in [0.1, 0.15) is 0 Å². The van der Waals surface area contributed by atoms with Gasteiger partial charge in [-0.15, -0.1) is 0 Å². The number of hydrogen-bond donors (Lipinski definition) is 0. The summed E-state index contributed by atoms with van der Waals surface area (Å²) in [5, 5.41) is 10.1. The summed E-state index contributed by atoms with van der Waals surface area (Å²) in [6, 6.07) is 7.27. The molecule has 0 radical (unpaired) electrons. The van der Waals surface area contributed by atoms with Crippen LogP contribution < -0.4 is 0 Å². The summed E-state index contributed by atoms with van der Waals surface area (Å²) in [5.41, 5.74) is 0.566. The molecular formula is C11H13Cl2NOSi. The Labute approximate surface area is 107 Å². The van der Waals surface area contributed by atoms with Gasteiger partial charge < -0.3 is 4.43 Å². The molecular weight excluding hydrogens is 261 g/mol. The van der Waals surface area contributed by atoms with E-state index in [1.807, 2.05) is 19.6 Å². The number of hydrogen-bond acceptors (Lipinski definition) is 2. The topological polar surface area (TPSA) is 33.0 Å². The Kier molecular flexibility index (Phi) is 4.40. The smallest absolute Gasteiger partial charge is 0.186 e. The Morgan fingerprint density at radius 2 is 1.75 bits per heavy atom. The number of halogens is 2. The maximum absolute atomic E-state index is 9.12. The van der Waals surface area contributed by atoms with Crippen molar-refractivity contribution in [3.63, 3.8) is 0 Å². The zero-order valence-electron chi connectivity index (χ0n) is 9.42. The highest BCUT2D eigenvalue weighted by atomic mass is 35.5. The fourth-order valence-electron chi connectivity index (χ4n) is 1.26. The van der Waals surface area contributed by atoms with E-state index in [1.165, 1.54) is 0 Å². The molecule has 0 heterocycles. The molecule has 1 rings (SSSR count). The first kappa shape index (κ1) is 13.5. The Bertz CT molecular complexity index is 403. The molecule has 1 atom stereocenters. The first-order chi connectivity index (χ1) is 7.35. The van der Waals surface area contributed by atoms with Gasteiger partial charge in [-0.2, -0.15) is 5.26 Å². The molecule has 1 aromatic rings. The monoisotopic (exact) mass is 273 g/mol. The lowest BCUT2D eigenvalue weighted by molar-refractivity contribution is 0.255. The second kappa shape index (κ2) is 5.20. The zero-order chi connectivity index (χ0) is 12.3. The normalized spacial score (nSPS) is 13.2. The van der Waals surface area contributed by atoms with E-state index in [-0.39, 0.29) is 0 Å². The van der Waals surface area contributed by atoms with E-state index in [0.29, 0.717) is 15.6 Å². The first-order valence-corrected chi connectivity index (χ1v) is 9.03. The SMILES string of the molecule is C[Si](C)(C)O[C@@H](C#N)c1c(Cl)cccc1Cl. The van der Waals surface area contributed by atoms with Crippen LogP contribution in [0.15, 0.2) is 18.2 Å². The molecule has 0 unspecified atom stereocenters. The molecule has 0 saturated heterocycles. The van der Waals surface area contributed by atoms with Crippen molar-refractivity contribution in [2.24, 2.45) is 0 Å². The quantitative estimate of drug-likeness (QED) is 0.765. The summed E-state index contributed by atoms with van der Waals surface area (Å²) in [6.45, 7) is 6.05. The van der Waals surface area contributed by atoms with E-state index in [2.05, 4.69) is 6.07 Å². The molecule has 0 aromatic heterocycles. The van der Waals surface area contributed by atoms with Crippen molar-refractivity contribution in [2.75, 3.05) is 0 Å². The Morgan fingerprint density at radius 1 is 1.25 bits per heavy atom. The van der Waals surface area contributed by atoms with E-state index in [4.69, 9.17) is 32.9 Å². The molecule has 0 aliphatic rings. The minimum Gasteiger partial charge on any atom is -0.399 e. The maximum atomic E-state index is 9.12. The summed E-state index contributed by atoms with van der Waals surface area (Å²) in [6.07, 6.45) is -0.687. The predicted molar refractivity (Wildman–Crippen MR) is 69.2 cm³/mol. The lowest BCUT2D eigenvalue weighted by atomic mass is 10.1. The second-order valence-corrected chi connectivity index (χ2v) is 9.65. The summed E-state index contributed by atoms with van der Waals surface area (Å²) in [7, 11) is -1.81. The summed E-state index contributed by atoms with van der Waals surface area (Å²) >= 11 is 12.1. The van der Waals surface area contributed by atoms with Crippen LogP contribution in [0.1, 0.15) is 11.7 Å². The molecule has 0 N–H and O–H groups in total. The average Bonchev–Trinajstić information content (AvgIpc) is 2.14. The highest BCUT2D eigenvalue weighted by Gasteiger charge is 2.25. The molecule has 0 amide bonds. The van der Waals surface area contributed by atoms with E-state index in [1.54, 1.807) is 18.2 Å². The third kappa shape index (κ3) is 3.50. The summed E-state index contributed by atoms with van der Waals surface area (Å²) in [4.78, 5) is 0. The molecule has 0 aliphatic heterocycles. The van der Waals surface area contributed by atoms with Crippen molar-refractivity contribution in [1.29, 1.82) is 5.26 Å². The second-order valence-electron chi connectivity index (χ2n) is 4.37. The van der Waals surface area contributed by atoms with Gasteiger partial charge in [0.25, 0.3) is 0 Å². The van der Waals surface area contributed by atoms with Crippen LogP contribution in [-0.2, 0) is 4.43 Å². The van der Waals surface area contributed by atoms with Crippen molar-refractivity contribution in [3.8, 4) is 6.07 Å². The molecule has 0 bridgehead atoms. The van der Waals surface area contributed by atoms with Crippen LogP contribution in [0.2, 0.25) is 29.7 Å². The molecule has 0 saturated carbocycles. The van der Waals surface area contributed by atoms with Crippen LogP contribution in [-0.4, -0.2) is 8.32 Å². The van der Waals surface area contributed by atoms with Gasteiger partial charge in [0.2, 0.25) is 0 Å². The van der Waals surface area contributed by atoms with Crippen LogP contribution in [0.4, 0.5) is 0 Å². The van der Waals surface area contributed by atoms with Crippen LogP contribution >= 0.6 is 23.2 Å². The van der Waals surface area contributed by atoms with Crippen molar-refractivity contribution < 1.29 is 4.43 Å². The predicted octanol–water partition coefficient (Wildman–Crippen LogP) is 4.41. The highest BCUT2D eigenvalue weighted by Crippen LogP contribution is 2.33. The lowest BCUT2D eigenvalue weighted by Gasteiger charge is -2.23. The summed E-state index contributed by atoms with van der Waals surface area (Å²) in [5.74, 6) is 0. The largest absolute Gasteiger partial charge is 0.399 e. The van der Waals surface area contributed by atoms with Gasteiger partial charge in [-0.1, -0.05) is 29.3 Å². The van der Waals surface area contributed by atoms with Gasteiger partial charge in [0, 0.05) is 15.6 Å². The van der Waals surface area contributed by atoms with Crippen LogP contribution in [0.25, 0.3) is 0 Å². The van der Waals surface area contributed by atoms with Gasteiger partial charge in [-0.05, 0) is 31.8 Å². The zero-order valence-corrected chi connectivity index (χ0v) is 11.9. The van der Waals surface area contributed by atoms with Gasteiger partial charge in [-0.25, -0.2) is 0 Å². The molecule has 0 aliphatic carbocycles. The summed E-state index contributed by atoms with van der Waals surface area (Å²) < 4.78 is 5.74. The van der Waals surface area contributed by atoms with Crippen LogP contribution in [0.5, 0.6) is 0 Å². The Morgan fingerprint density at radius 3 is 2.12 bits per heavy atom. The van der Waals surface area contributed by atoms with E-state index in [0.717, 1.165) is 0 Å². The minimum atomic E-state index is -1.81. The highest BCUT2D eigenvalue weighted by molar-refractivity contribution is 6.69. The van der Waals surface area contributed by atoms with Crippen molar-refractivity contribution in [3.05, 3.63) is 33.8 Å². The van der Waals surface area contributed by atoms with Gasteiger partial charge in [-0.3, -0.25) is 0 Å². The fraction of sp³-hybridized carbons (Fsp3) is 0.364. The molecule has 0 fully saturated rings. The average molecular weight is 274 g/mol. The van der Waals surface area contributed by atoms with Gasteiger partial charge >= 0.3 is 0 Å². The molecule has 86 valence electrons. The minimum absolute atomic E-state index is 0.470. The van der Waals surface area contributed by atoms with Crippen molar-refractivity contribution in [2.45, 2.75) is 25.7 Å². The molecule has 2 nitrogen and oxygen atoms in total.